The average molecular weight is 366 g/mol. The first kappa shape index (κ1) is 17.8. The Balaban J connectivity index is 1.35. The highest BCUT2D eigenvalue weighted by Crippen LogP contribution is 2.28. The zero-order valence-corrected chi connectivity index (χ0v) is 15.6. The summed E-state index contributed by atoms with van der Waals surface area (Å²) in [5.74, 6) is 0.623. The molecule has 1 aromatic carbocycles. The van der Waals surface area contributed by atoms with Crippen LogP contribution in [0.4, 0.5) is 0 Å². The van der Waals surface area contributed by atoms with E-state index in [4.69, 9.17) is 0 Å². The smallest absolute Gasteiger partial charge is 0.272 e. The van der Waals surface area contributed by atoms with E-state index in [2.05, 4.69) is 10.4 Å². The third-order valence-corrected chi connectivity index (χ3v) is 5.62. The van der Waals surface area contributed by atoms with Crippen molar-refractivity contribution in [3.63, 3.8) is 0 Å². The minimum absolute atomic E-state index is 0.176. The summed E-state index contributed by atoms with van der Waals surface area (Å²) in [5.41, 5.74) is 2.41. The summed E-state index contributed by atoms with van der Waals surface area (Å²) in [5, 5.41) is 7.34. The lowest BCUT2D eigenvalue weighted by molar-refractivity contribution is -0.133. The summed E-state index contributed by atoms with van der Waals surface area (Å²) < 4.78 is 1.86. The molecular weight excluding hydrogens is 340 g/mol. The molecule has 142 valence electrons. The van der Waals surface area contributed by atoms with Gasteiger partial charge in [0.15, 0.2) is 5.69 Å². The first-order valence-electron chi connectivity index (χ1n) is 9.85. The molecule has 1 aliphatic heterocycles. The fourth-order valence-corrected chi connectivity index (χ4v) is 4.05. The molecule has 1 aromatic heterocycles. The summed E-state index contributed by atoms with van der Waals surface area (Å²) in [7, 11) is 0. The normalized spacial score (nSPS) is 17.0. The summed E-state index contributed by atoms with van der Waals surface area (Å²) in [6.45, 7) is 2.35. The van der Waals surface area contributed by atoms with Gasteiger partial charge in [-0.3, -0.25) is 14.3 Å². The molecule has 1 fully saturated rings. The van der Waals surface area contributed by atoms with Crippen molar-refractivity contribution < 1.29 is 9.59 Å². The van der Waals surface area contributed by atoms with Crippen molar-refractivity contribution in [2.45, 2.75) is 51.7 Å². The van der Waals surface area contributed by atoms with E-state index >= 15 is 0 Å². The molecule has 0 bridgehead atoms. The number of amides is 2. The molecule has 0 spiro atoms. The second kappa shape index (κ2) is 7.94. The van der Waals surface area contributed by atoms with E-state index in [0.717, 1.165) is 11.3 Å². The van der Waals surface area contributed by atoms with Crippen molar-refractivity contribution >= 4 is 11.8 Å². The molecule has 6 nitrogen and oxygen atoms in total. The van der Waals surface area contributed by atoms with Gasteiger partial charge in [-0.25, -0.2) is 0 Å². The summed E-state index contributed by atoms with van der Waals surface area (Å²) in [4.78, 5) is 26.9. The lowest BCUT2D eigenvalue weighted by Crippen LogP contribution is -2.39. The number of carbonyl (C=O) groups is 2. The molecule has 4 rings (SSSR count). The van der Waals surface area contributed by atoms with Crippen LogP contribution in [0.2, 0.25) is 0 Å². The summed E-state index contributed by atoms with van der Waals surface area (Å²) in [6, 6.07) is 11.6. The molecule has 0 atom stereocenters. The van der Waals surface area contributed by atoms with E-state index in [-0.39, 0.29) is 11.8 Å². The highest BCUT2D eigenvalue weighted by molar-refractivity contribution is 5.92. The third kappa shape index (κ3) is 4.21. The maximum atomic E-state index is 12.6. The van der Waals surface area contributed by atoms with Crippen LogP contribution in [-0.4, -0.2) is 33.0 Å². The molecule has 2 aliphatic rings. The number of nitrogens with zero attached hydrogens (tertiary/aromatic N) is 3. The maximum absolute atomic E-state index is 12.6. The van der Waals surface area contributed by atoms with Gasteiger partial charge in [0.1, 0.15) is 0 Å². The first-order valence-corrected chi connectivity index (χ1v) is 9.85. The van der Waals surface area contributed by atoms with E-state index in [0.29, 0.717) is 44.2 Å². The molecule has 0 radical (unpaired) electrons. The summed E-state index contributed by atoms with van der Waals surface area (Å²) >= 11 is 0. The van der Waals surface area contributed by atoms with Gasteiger partial charge in [0.05, 0.1) is 18.8 Å². The van der Waals surface area contributed by atoms with Crippen molar-refractivity contribution in [2.24, 2.45) is 5.92 Å². The monoisotopic (exact) mass is 366 g/mol. The zero-order chi connectivity index (χ0) is 18.6. The predicted octanol–water partition coefficient (Wildman–Crippen LogP) is 2.74. The molecular formula is C21H26N4O2. The van der Waals surface area contributed by atoms with Gasteiger partial charge >= 0.3 is 0 Å². The minimum atomic E-state index is -0.176. The Morgan fingerprint density at radius 1 is 1.11 bits per heavy atom. The molecule has 1 saturated carbocycles. The van der Waals surface area contributed by atoms with E-state index < -0.39 is 0 Å². The Kier molecular flexibility index (Phi) is 5.23. The molecule has 1 aliphatic carbocycles. The number of rotatable bonds is 5. The van der Waals surface area contributed by atoms with Crippen LogP contribution < -0.4 is 5.32 Å². The number of carbonyl (C=O) groups excluding carboxylic acids is 2. The fourth-order valence-electron chi connectivity index (χ4n) is 4.05. The van der Waals surface area contributed by atoms with Crippen molar-refractivity contribution in [2.75, 3.05) is 6.54 Å². The topological polar surface area (TPSA) is 67.2 Å². The van der Waals surface area contributed by atoms with Crippen LogP contribution in [0.5, 0.6) is 0 Å². The van der Waals surface area contributed by atoms with Gasteiger partial charge in [-0.2, -0.15) is 5.10 Å². The van der Waals surface area contributed by atoms with Crippen LogP contribution in [0.1, 0.15) is 53.8 Å². The van der Waals surface area contributed by atoms with Crippen molar-refractivity contribution in [3.8, 4) is 0 Å². The van der Waals surface area contributed by atoms with Crippen LogP contribution in [0.3, 0.4) is 0 Å². The number of nitrogens with one attached hydrogen (secondary N) is 1. The standard InChI is InChI=1S/C21H26N4O2/c26-20(12-16-6-4-5-7-16)24-10-11-25-18(15-24)13-19(23-25)21(27)22-14-17-8-2-1-3-9-17/h1-3,8-9,13,16H,4-7,10-12,14-15H2,(H,22,27). The highest BCUT2D eigenvalue weighted by atomic mass is 16.2. The Morgan fingerprint density at radius 3 is 2.67 bits per heavy atom. The molecule has 0 unspecified atom stereocenters. The molecule has 2 aromatic rings. The Bertz CT molecular complexity index is 809. The number of hydrogen-bond acceptors (Lipinski definition) is 3. The van der Waals surface area contributed by atoms with E-state index in [1.807, 2.05) is 46.0 Å². The van der Waals surface area contributed by atoms with E-state index in [1.54, 1.807) is 0 Å². The van der Waals surface area contributed by atoms with Crippen LogP contribution in [0.25, 0.3) is 0 Å². The predicted molar refractivity (Wildman–Crippen MR) is 102 cm³/mol. The lowest BCUT2D eigenvalue weighted by Gasteiger charge is -2.28. The SMILES string of the molecule is O=C(NCc1ccccc1)c1cc2n(n1)CCN(C(=O)CC1CCCC1)C2. The summed E-state index contributed by atoms with van der Waals surface area (Å²) in [6.07, 6.45) is 5.55. The molecule has 27 heavy (non-hydrogen) atoms. The van der Waals surface area contributed by atoms with Crippen LogP contribution in [0, 0.1) is 5.92 Å². The number of benzene rings is 1. The first-order chi connectivity index (χ1) is 13.2. The van der Waals surface area contributed by atoms with Crippen LogP contribution in [-0.2, 0) is 24.4 Å². The Labute approximate surface area is 159 Å². The second-order valence-corrected chi connectivity index (χ2v) is 7.58. The number of fused-ring (bicyclic) bond motifs is 1. The number of hydrogen-bond donors (Lipinski definition) is 1. The molecule has 0 saturated heterocycles. The molecule has 1 N–H and O–H groups in total. The number of aromatic nitrogens is 2. The van der Waals surface area contributed by atoms with E-state index in [9.17, 15) is 9.59 Å². The molecule has 2 amide bonds. The van der Waals surface area contributed by atoms with Gasteiger partial charge in [-0.1, -0.05) is 43.2 Å². The average Bonchev–Trinajstić information content (AvgIpc) is 3.35. The fraction of sp³-hybridized carbons (Fsp3) is 0.476. The highest BCUT2D eigenvalue weighted by Gasteiger charge is 2.26. The van der Waals surface area contributed by atoms with Crippen LogP contribution >= 0.6 is 0 Å². The largest absolute Gasteiger partial charge is 0.347 e. The van der Waals surface area contributed by atoms with Gasteiger partial charge in [0.25, 0.3) is 5.91 Å². The lowest BCUT2D eigenvalue weighted by atomic mass is 10.0. The van der Waals surface area contributed by atoms with Crippen molar-refractivity contribution in [1.82, 2.24) is 20.0 Å². The Hall–Kier alpha value is -2.63. The van der Waals surface area contributed by atoms with Crippen molar-refractivity contribution in [1.29, 1.82) is 0 Å². The third-order valence-electron chi connectivity index (χ3n) is 5.62. The van der Waals surface area contributed by atoms with Gasteiger partial charge in [-0.05, 0) is 30.4 Å². The van der Waals surface area contributed by atoms with Gasteiger partial charge in [0, 0.05) is 19.5 Å². The van der Waals surface area contributed by atoms with E-state index in [1.165, 1.54) is 25.7 Å². The second-order valence-electron chi connectivity index (χ2n) is 7.58. The van der Waals surface area contributed by atoms with Gasteiger partial charge in [0.2, 0.25) is 5.91 Å². The minimum Gasteiger partial charge on any atom is -0.347 e. The van der Waals surface area contributed by atoms with Gasteiger partial charge in [-0.15, -0.1) is 0 Å². The Morgan fingerprint density at radius 2 is 1.89 bits per heavy atom. The van der Waals surface area contributed by atoms with Gasteiger partial charge < -0.3 is 10.2 Å². The molecule has 6 heteroatoms. The quantitative estimate of drug-likeness (QED) is 0.885. The van der Waals surface area contributed by atoms with Crippen molar-refractivity contribution in [3.05, 3.63) is 53.3 Å². The zero-order valence-electron chi connectivity index (χ0n) is 15.6. The maximum Gasteiger partial charge on any atom is 0.272 e. The molecule has 2 heterocycles. The van der Waals surface area contributed by atoms with Crippen LogP contribution in [0.15, 0.2) is 36.4 Å².